The minimum absolute atomic E-state index is 0.0860. The summed E-state index contributed by atoms with van der Waals surface area (Å²) in [7, 11) is 0. The highest BCUT2D eigenvalue weighted by molar-refractivity contribution is 6.21. The number of Topliss-reactive ketones (excluding diaryl/α,β-unsaturated/α-hetero) is 1. The van der Waals surface area contributed by atoms with Gasteiger partial charge in [0, 0.05) is 5.56 Å². The summed E-state index contributed by atoms with van der Waals surface area (Å²) < 4.78 is 0. The first-order chi connectivity index (χ1) is 16.2. The zero-order valence-corrected chi connectivity index (χ0v) is 18.4. The van der Waals surface area contributed by atoms with E-state index in [4.69, 9.17) is 0 Å². The number of carbonyl (C=O) groups is 1. The van der Waals surface area contributed by atoms with Crippen LogP contribution in [0.1, 0.15) is 17.3 Å². The van der Waals surface area contributed by atoms with Gasteiger partial charge >= 0.3 is 0 Å². The lowest BCUT2D eigenvalue weighted by Crippen LogP contribution is -1.93. The van der Waals surface area contributed by atoms with Gasteiger partial charge in [0.05, 0.1) is 0 Å². The van der Waals surface area contributed by atoms with E-state index in [-0.39, 0.29) is 5.78 Å². The number of hydrogen-bond donors (Lipinski definition) is 0. The SMILES string of the molecule is CC(=O)c1ccc(-c2c3ccccc3c(-c3ccc4ccccc4c3)c3ccccc23)cc1. The molecule has 0 unspecified atom stereocenters. The van der Waals surface area contributed by atoms with E-state index in [0.29, 0.717) is 0 Å². The first-order valence-electron chi connectivity index (χ1n) is 11.2. The molecule has 0 spiro atoms. The van der Waals surface area contributed by atoms with Crippen LogP contribution in [0.5, 0.6) is 0 Å². The van der Waals surface area contributed by atoms with E-state index in [1.54, 1.807) is 6.92 Å². The van der Waals surface area contributed by atoms with Gasteiger partial charge < -0.3 is 0 Å². The molecule has 0 atom stereocenters. The van der Waals surface area contributed by atoms with Gasteiger partial charge in [0.15, 0.2) is 5.78 Å². The largest absolute Gasteiger partial charge is 0.295 e. The number of benzene rings is 6. The first kappa shape index (κ1) is 19.5. The summed E-state index contributed by atoms with van der Waals surface area (Å²) in [6.07, 6.45) is 0. The molecule has 0 aliphatic heterocycles. The summed E-state index contributed by atoms with van der Waals surface area (Å²) in [5.74, 6) is 0.0860. The van der Waals surface area contributed by atoms with Crippen LogP contribution in [0.2, 0.25) is 0 Å². The van der Waals surface area contributed by atoms with Crippen molar-refractivity contribution >= 4 is 38.1 Å². The zero-order chi connectivity index (χ0) is 22.4. The Labute approximate surface area is 192 Å². The quantitative estimate of drug-likeness (QED) is 0.206. The summed E-state index contributed by atoms with van der Waals surface area (Å²) in [5, 5.41) is 7.39. The van der Waals surface area contributed by atoms with Crippen LogP contribution in [0.3, 0.4) is 0 Å². The van der Waals surface area contributed by atoms with Gasteiger partial charge in [-0.2, -0.15) is 0 Å². The van der Waals surface area contributed by atoms with Crippen molar-refractivity contribution < 1.29 is 4.79 Å². The standard InChI is InChI=1S/C32H22O/c1-21(33)22-14-17-24(18-15-22)31-27-10-4-6-12-29(27)32(30-13-7-5-11-28(30)31)26-19-16-23-8-2-3-9-25(23)20-26/h2-20H,1H3. The maximum absolute atomic E-state index is 11.8. The lowest BCUT2D eigenvalue weighted by molar-refractivity contribution is 0.101. The minimum Gasteiger partial charge on any atom is -0.295 e. The van der Waals surface area contributed by atoms with Crippen molar-refractivity contribution in [1.82, 2.24) is 0 Å². The summed E-state index contributed by atoms with van der Waals surface area (Å²) in [6.45, 7) is 1.61. The Morgan fingerprint density at radius 2 is 0.939 bits per heavy atom. The Bertz CT molecular complexity index is 1620. The number of rotatable bonds is 3. The normalized spacial score (nSPS) is 11.3. The molecular formula is C32H22O. The predicted molar refractivity (Wildman–Crippen MR) is 140 cm³/mol. The van der Waals surface area contributed by atoms with Gasteiger partial charge in [0.25, 0.3) is 0 Å². The number of fused-ring (bicyclic) bond motifs is 3. The van der Waals surface area contributed by atoms with Crippen molar-refractivity contribution in [3.63, 3.8) is 0 Å². The van der Waals surface area contributed by atoms with E-state index in [0.717, 1.165) is 11.1 Å². The summed E-state index contributed by atoms with van der Waals surface area (Å²) >= 11 is 0. The summed E-state index contributed by atoms with van der Waals surface area (Å²) in [5.41, 5.74) is 5.55. The van der Waals surface area contributed by atoms with Gasteiger partial charge in [-0.15, -0.1) is 0 Å². The molecule has 0 aromatic heterocycles. The fourth-order valence-electron chi connectivity index (χ4n) is 4.97. The van der Waals surface area contributed by atoms with E-state index in [1.807, 2.05) is 12.1 Å². The lowest BCUT2D eigenvalue weighted by Gasteiger charge is -2.18. The van der Waals surface area contributed by atoms with Crippen molar-refractivity contribution in [2.24, 2.45) is 0 Å². The molecule has 1 nitrogen and oxygen atoms in total. The van der Waals surface area contributed by atoms with Crippen LogP contribution in [-0.4, -0.2) is 5.78 Å². The Morgan fingerprint density at radius 3 is 1.48 bits per heavy atom. The van der Waals surface area contributed by atoms with Crippen LogP contribution in [0.25, 0.3) is 54.6 Å². The molecule has 0 fully saturated rings. The van der Waals surface area contributed by atoms with Crippen molar-refractivity contribution in [3.8, 4) is 22.3 Å². The lowest BCUT2D eigenvalue weighted by atomic mass is 9.85. The summed E-state index contributed by atoms with van der Waals surface area (Å²) in [6, 6.07) is 40.6. The molecule has 0 aliphatic rings. The molecule has 33 heavy (non-hydrogen) atoms. The fraction of sp³-hybridized carbons (Fsp3) is 0.0312. The number of carbonyl (C=O) groups excluding carboxylic acids is 1. The Balaban J connectivity index is 1.71. The molecule has 1 heteroatoms. The highest BCUT2D eigenvalue weighted by Gasteiger charge is 2.16. The van der Waals surface area contributed by atoms with E-state index in [2.05, 4.69) is 103 Å². The van der Waals surface area contributed by atoms with Gasteiger partial charge in [-0.3, -0.25) is 4.79 Å². The minimum atomic E-state index is 0.0860. The zero-order valence-electron chi connectivity index (χ0n) is 18.4. The third-order valence-electron chi connectivity index (χ3n) is 6.55. The molecular weight excluding hydrogens is 400 g/mol. The van der Waals surface area contributed by atoms with Crippen molar-refractivity contribution in [2.75, 3.05) is 0 Å². The highest BCUT2D eigenvalue weighted by Crippen LogP contribution is 2.43. The molecule has 0 bridgehead atoms. The maximum Gasteiger partial charge on any atom is 0.159 e. The second-order valence-corrected chi connectivity index (χ2v) is 8.54. The van der Waals surface area contributed by atoms with E-state index < -0.39 is 0 Å². The molecule has 0 N–H and O–H groups in total. The van der Waals surface area contributed by atoms with Crippen LogP contribution in [-0.2, 0) is 0 Å². The van der Waals surface area contributed by atoms with Crippen LogP contribution in [0.4, 0.5) is 0 Å². The summed E-state index contributed by atoms with van der Waals surface area (Å²) in [4.78, 5) is 11.8. The highest BCUT2D eigenvalue weighted by atomic mass is 16.1. The number of ketones is 1. The second-order valence-electron chi connectivity index (χ2n) is 8.54. The third-order valence-corrected chi connectivity index (χ3v) is 6.55. The van der Waals surface area contributed by atoms with E-state index in [1.165, 1.54) is 49.0 Å². The number of hydrogen-bond acceptors (Lipinski definition) is 1. The molecule has 156 valence electrons. The van der Waals surface area contributed by atoms with Crippen molar-refractivity contribution in [1.29, 1.82) is 0 Å². The van der Waals surface area contributed by atoms with Gasteiger partial charge in [-0.05, 0) is 67.6 Å². The van der Waals surface area contributed by atoms with Gasteiger partial charge in [-0.25, -0.2) is 0 Å². The molecule has 6 aromatic rings. The smallest absolute Gasteiger partial charge is 0.159 e. The van der Waals surface area contributed by atoms with Gasteiger partial charge in [-0.1, -0.05) is 109 Å². The average molecular weight is 423 g/mol. The van der Waals surface area contributed by atoms with Crippen LogP contribution in [0, 0.1) is 0 Å². The molecule has 0 aliphatic carbocycles. The van der Waals surface area contributed by atoms with Gasteiger partial charge in [0.2, 0.25) is 0 Å². The molecule has 0 radical (unpaired) electrons. The molecule has 0 saturated heterocycles. The average Bonchev–Trinajstić information content (AvgIpc) is 2.87. The molecule has 6 aromatic carbocycles. The Hall–Kier alpha value is -4.23. The Morgan fingerprint density at radius 1 is 0.485 bits per heavy atom. The molecule has 0 saturated carbocycles. The van der Waals surface area contributed by atoms with Gasteiger partial charge in [0.1, 0.15) is 0 Å². The molecule has 6 rings (SSSR count). The van der Waals surface area contributed by atoms with Crippen LogP contribution >= 0.6 is 0 Å². The first-order valence-corrected chi connectivity index (χ1v) is 11.2. The monoisotopic (exact) mass is 422 g/mol. The van der Waals surface area contributed by atoms with E-state index in [9.17, 15) is 4.79 Å². The molecule has 0 heterocycles. The van der Waals surface area contributed by atoms with Crippen LogP contribution < -0.4 is 0 Å². The van der Waals surface area contributed by atoms with E-state index >= 15 is 0 Å². The maximum atomic E-state index is 11.8. The van der Waals surface area contributed by atoms with Crippen molar-refractivity contribution in [2.45, 2.75) is 6.92 Å². The predicted octanol–water partition coefficient (Wildman–Crippen LogP) is 8.68. The van der Waals surface area contributed by atoms with Crippen LogP contribution in [0.15, 0.2) is 115 Å². The topological polar surface area (TPSA) is 17.1 Å². The molecule has 0 amide bonds. The fourth-order valence-corrected chi connectivity index (χ4v) is 4.97. The van der Waals surface area contributed by atoms with Crippen molar-refractivity contribution in [3.05, 3.63) is 121 Å². The second kappa shape index (κ2) is 7.72. The Kier molecular flexibility index (Phi) is 4.55. The third kappa shape index (κ3) is 3.21.